The molecular weight excluding hydrogens is 286 g/mol. The van der Waals surface area contributed by atoms with Crippen LogP contribution in [-0.2, 0) is 0 Å². The number of halogens is 2. The van der Waals surface area contributed by atoms with Crippen molar-refractivity contribution in [3.8, 4) is 0 Å². The van der Waals surface area contributed by atoms with Gasteiger partial charge in [0.2, 0.25) is 0 Å². The zero-order chi connectivity index (χ0) is 6.85. The Morgan fingerprint density at radius 3 is 2.40 bits per heavy atom. The predicted molar refractivity (Wildman–Crippen MR) is 51.7 cm³/mol. The summed E-state index contributed by atoms with van der Waals surface area (Å²) in [6, 6.07) is 3.05. The maximum absolute atomic E-state index is 10.2. The molecule has 0 saturated carbocycles. The van der Waals surface area contributed by atoms with E-state index in [1.54, 1.807) is 6.07 Å². The minimum atomic E-state index is -0.924. The number of aromatic carboxylic acids is 1. The van der Waals surface area contributed by atoms with E-state index in [0.717, 1.165) is 11.3 Å². The van der Waals surface area contributed by atoms with Crippen molar-refractivity contribution in [1.82, 2.24) is 0 Å². The van der Waals surface area contributed by atoms with Crippen LogP contribution in [-0.4, -0.2) is 11.1 Å². The summed E-state index contributed by atoms with van der Waals surface area (Å²) in [6.07, 6.45) is 0. The van der Waals surface area contributed by atoms with Gasteiger partial charge in [-0.2, -0.15) is 0 Å². The second-order valence-corrected chi connectivity index (χ2v) is 3.12. The molecule has 5 heteroatoms. The lowest BCUT2D eigenvalue weighted by Gasteiger charge is -1.79. The first-order valence-corrected chi connectivity index (χ1v) is 3.38. The minimum Gasteiger partial charge on any atom is -0.477 e. The molecule has 10 heavy (non-hydrogen) atoms. The Morgan fingerprint density at radius 2 is 2.20 bits per heavy atom. The second-order valence-electron chi connectivity index (χ2n) is 1.41. The second kappa shape index (κ2) is 4.15. The van der Waals surface area contributed by atoms with Crippen molar-refractivity contribution in [1.29, 1.82) is 0 Å². The summed E-state index contributed by atoms with van der Waals surface area (Å²) in [5.74, 6) is -0.924. The van der Waals surface area contributed by atoms with Crippen LogP contribution in [0.2, 0.25) is 4.34 Å². The van der Waals surface area contributed by atoms with Crippen LogP contribution in [0.5, 0.6) is 0 Å². The van der Waals surface area contributed by atoms with Crippen LogP contribution in [0, 0.1) is 0 Å². The van der Waals surface area contributed by atoms with Crippen LogP contribution in [0.25, 0.3) is 0 Å². The van der Waals surface area contributed by atoms with Gasteiger partial charge in [-0.1, -0.05) is 11.6 Å². The van der Waals surface area contributed by atoms with Crippen LogP contribution >= 0.6 is 46.9 Å². The third kappa shape index (κ3) is 2.43. The van der Waals surface area contributed by atoms with E-state index in [4.69, 9.17) is 16.7 Å². The number of thiophene rings is 1. The fourth-order valence-corrected chi connectivity index (χ4v) is 1.31. The van der Waals surface area contributed by atoms with Crippen molar-refractivity contribution >= 4 is 52.9 Å². The van der Waals surface area contributed by atoms with Gasteiger partial charge in [0.1, 0.15) is 4.88 Å². The number of hydrogen-bond donors (Lipinski definition) is 1. The third-order valence-corrected chi connectivity index (χ3v) is 2.00. The molecule has 1 rings (SSSR count). The highest BCUT2D eigenvalue weighted by Gasteiger charge is 2.03. The zero-order valence-corrected chi connectivity index (χ0v) is 8.61. The maximum Gasteiger partial charge on any atom is 0.345 e. The van der Waals surface area contributed by atoms with Crippen LogP contribution in [0.1, 0.15) is 9.67 Å². The molecule has 0 bridgehead atoms. The number of carboxylic acid groups (broad SMARTS) is 1. The highest BCUT2D eigenvalue weighted by atomic mass is 127. The van der Waals surface area contributed by atoms with Gasteiger partial charge in [-0.25, -0.2) is 4.79 Å². The molecular formula is C5H4ClIO2S. The summed E-state index contributed by atoms with van der Waals surface area (Å²) in [5, 5.41) is 8.35. The molecule has 0 unspecified atom stereocenters. The standard InChI is InChI=1S/C5H3ClO2S.HI/c6-4-2-1-3(9-4)5(7)8;/h1-2H,(H,7,8);1H. The van der Waals surface area contributed by atoms with Crippen molar-refractivity contribution in [3.05, 3.63) is 21.3 Å². The van der Waals surface area contributed by atoms with E-state index in [0.29, 0.717) is 4.34 Å². The highest BCUT2D eigenvalue weighted by molar-refractivity contribution is 14.0. The molecule has 1 heterocycles. The smallest absolute Gasteiger partial charge is 0.345 e. The van der Waals surface area contributed by atoms with E-state index in [9.17, 15) is 4.79 Å². The van der Waals surface area contributed by atoms with Crippen molar-refractivity contribution < 1.29 is 9.90 Å². The van der Waals surface area contributed by atoms with Gasteiger partial charge in [0.15, 0.2) is 0 Å². The fourth-order valence-electron chi connectivity index (χ4n) is 0.429. The van der Waals surface area contributed by atoms with Crippen LogP contribution in [0.4, 0.5) is 0 Å². The molecule has 2 nitrogen and oxygen atoms in total. The molecule has 1 aromatic rings. The van der Waals surface area contributed by atoms with E-state index in [1.807, 2.05) is 0 Å². The molecule has 0 aliphatic rings. The van der Waals surface area contributed by atoms with E-state index in [1.165, 1.54) is 6.07 Å². The fraction of sp³-hybridized carbons (Fsp3) is 0. The molecule has 0 saturated heterocycles. The molecule has 56 valence electrons. The van der Waals surface area contributed by atoms with Gasteiger partial charge < -0.3 is 5.11 Å². The predicted octanol–water partition coefficient (Wildman–Crippen LogP) is 2.72. The summed E-state index contributed by atoms with van der Waals surface area (Å²) in [5.41, 5.74) is 0. The van der Waals surface area contributed by atoms with Crippen molar-refractivity contribution in [2.45, 2.75) is 0 Å². The highest BCUT2D eigenvalue weighted by Crippen LogP contribution is 2.20. The quantitative estimate of drug-likeness (QED) is 0.808. The average Bonchev–Trinajstić information content (AvgIpc) is 2.14. The molecule has 0 spiro atoms. The van der Waals surface area contributed by atoms with E-state index >= 15 is 0 Å². The Hall–Kier alpha value is 0.190. The van der Waals surface area contributed by atoms with E-state index in [2.05, 4.69) is 0 Å². The number of carboxylic acids is 1. The normalized spacial score (nSPS) is 8.50. The molecule has 0 radical (unpaired) electrons. The number of carbonyl (C=O) groups is 1. The molecule has 0 fully saturated rings. The van der Waals surface area contributed by atoms with Gasteiger partial charge in [-0.05, 0) is 12.1 Å². The monoisotopic (exact) mass is 290 g/mol. The van der Waals surface area contributed by atoms with Crippen LogP contribution < -0.4 is 0 Å². The number of rotatable bonds is 1. The minimum absolute atomic E-state index is 0. The molecule has 1 N–H and O–H groups in total. The third-order valence-electron chi connectivity index (χ3n) is 0.784. The average molecular weight is 291 g/mol. The largest absolute Gasteiger partial charge is 0.477 e. The molecule has 0 atom stereocenters. The molecule has 0 aliphatic carbocycles. The van der Waals surface area contributed by atoms with Gasteiger partial charge >= 0.3 is 5.97 Å². The van der Waals surface area contributed by atoms with Gasteiger partial charge in [0.05, 0.1) is 4.34 Å². The van der Waals surface area contributed by atoms with Gasteiger partial charge in [0.25, 0.3) is 0 Å². The first kappa shape index (κ1) is 10.2. The van der Waals surface area contributed by atoms with Crippen LogP contribution in [0.3, 0.4) is 0 Å². The van der Waals surface area contributed by atoms with Crippen molar-refractivity contribution in [3.63, 3.8) is 0 Å². The topological polar surface area (TPSA) is 37.3 Å². The van der Waals surface area contributed by atoms with E-state index in [-0.39, 0.29) is 28.9 Å². The molecule has 0 amide bonds. The zero-order valence-electron chi connectivity index (χ0n) is 4.70. The van der Waals surface area contributed by atoms with Crippen molar-refractivity contribution in [2.24, 2.45) is 0 Å². The summed E-state index contributed by atoms with van der Waals surface area (Å²) in [7, 11) is 0. The SMILES string of the molecule is I.O=C(O)c1ccc(Cl)s1. The van der Waals surface area contributed by atoms with Crippen LogP contribution in [0.15, 0.2) is 12.1 Å². The van der Waals surface area contributed by atoms with Gasteiger partial charge in [-0.15, -0.1) is 35.3 Å². The molecule has 1 aromatic heterocycles. The Bertz CT molecular complexity index is 235. The number of hydrogen-bond acceptors (Lipinski definition) is 2. The van der Waals surface area contributed by atoms with Gasteiger partial charge in [-0.3, -0.25) is 0 Å². The lowest BCUT2D eigenvalue weighted by molar-refractivity contribution is 0.0702. The lowest BCUT2D eigenvalue weighted by atomic mass is 10.5. The summed E-state index contributed by atoms with van der Waals surface area (Å²) < 4.78 is 0.507. The summed E-state index contributed by atoms with van der Waals surface area (Å²) >= 11 is 6.52. The Kier molecular flexibility index (Phi) is 4.23. The summed E-state index contributed by atoms with van der Waals surface area (Å²) in [4.78, 5) is 10.4. The summed E-state index contributed by atoms with van der Waals surface area (Å²) in [6.45, 7) is 0. The molecule has 0 aliphatic heterocycles. The maximum atomic E-state index is 10.2. The first-order valence-electron chi connectivity index (χ1n) is 2.19. The first-order chi connectivity index (χ1) is 4.20. The molecule has 0 aromatic carbocycles. The van der Waals surface area contributed by atoms with Crippen molar-refractivity contribution in [2.75, 3.05) is 0 Å². The Balaban J connectivity index is 0.000000810. The van der Waals surface area contributed by atoms with Gasteiger partial charge in [0, 0.05) is 0 Å². The van der Waals surface area contributed by atoms with E-state index < -0.39 is 5.97 Å². The Morgan fingerprint density at radius 1 is 1.60 bits per heavy atom. The lowest BCUT2D eigenvalue weighted by Crippen LogP contribution is -1.89. The Labute approximate surface area is 83.8 Å².